The van der Waals surface area contributed by atoms with Crippen molar-refractivity contribution < 1.29 is 19.5 Å². The van der Waals surface area contributed by atoms with Gasteiger partial charge in [-0.05, 0) is 48.9 Å². The predicted octanol–water partition coefficient (Wildman–Crippen LogP) is 5.72. The predicted molar refractivity (Wildman–Crippen MR) is 145 cm³/mol. The summed E-state index contributed by atoms with van der Waals surface area (Å²) in [5, 5.41) is 33.5. The number of aliphatic hydroxyl groups excluding tert-OH is 1. The molecule has 0 radical (unpaired) electrons. The molecule has 0 spiro atoms. The number of benzene rings is 3. The molecule has 2 heterocycles. The normalized spacial score (nSPS) is 15.6. The number of aliphatic hydroxyl groups is 1. The van der Waals surface area contributed by atoms with Crippen LogP contribution in [0.4, 0.5) is 0 Å². The van der Waals surface area contributed by atoms with Crippen LogP contribution in [0.2, 0.25) is 0 Å². The molecule has 0 amide bonds. The summed E-state index contributed by atoms with van der Waals surface area (Å²) in [6, 6.07) is 25.5. The van der Waals surface area contributed by atoms with Crippen LogP contribution in [-0.4, -0.2) is 36.3 Å². The number of carbonyl (C=O) groups is 1. The minimum absolute atomic E-state index is 0.0387. The summed E-state index contributed by atoms with van der Waals surface area (Å²) in [5.74, 6) is -0.280. The molecule has 1 aliphatic carbocycles. The van der Waals surface area contributed by atoms with Crippen molar-refractivity contribution in [3.63, 3.8) is 0 Å². The fourth-order valence-corrected chi connectivity index (χ4v) is 5.09. The number of aryl methyl sites for hydroxylation is 1. The number of hydrogen-bond acceptors (Lipinski definition) is 6. The number of aliphatic carboxylic acids is 1. The second kappa shape index (κ2) is 9.63. The van der Waals surface area contributed by atoms with Crippen LogP contribution in [0.15, 0.2) is 89.6 Å². The zero-order valence-electron chi connectivity index (χ0n) is 21.7. The van der Waals surface area contributed by atoms with E-state index in [0.717, 1.165) is 27.8 Å². The second-order valence-corrected chi connectivity index (χ2v) is 10.2. The molecular formula is C31H28N4O4. The molecule has 8 heteroatoms. The maximum atomic E-state index is 11.6. The van der Waals surface area contributed by atoms with Gasteiger partial charge in [0.15, 0.2) is 5.76 Å². The van der Waals surface area contributed by atoms with Crippen molar-refractivity contribution in [3.8, 4) is 22.5 Å². The van der Waals surface area contributed by atoms with Crippen molar-refractivity contribution in [2.45, 2.75) is 44.2 Å². The molecule has 2 atom stereocenters. The number of carboxylic acid groups (broad SMARTS) is 1. The fourth-order valence-electron chi connectivity index (χ4n) is 5.09. The Morgan fingerprint density at radius 2 is 1.56 bits per heavy atom. The van der Waals surface area contributed by atoms with Crippen molar-refractivity contribution in [2.75, 3.05) is 0 Å². The lowest BCUT2D eigenvalue weighted by atomic mass is 9.93. The zero-order chi connectivity index (χ0) is 27.1. The largest absolute Gasteiger partial charge is 0.481 e. The van der Waals surface area contributed by atoms with Crippen LogP contribution in [0.5, 0.6) is 0 Å². The van der Waals surface area contributed by atoms with Gasteiger partial charge < -0.3 is 14.7 Å². The van der Waals surface area contributed by atoms with Crippen molar-refractivity contribution in [3.05, 3.63) is 113 Å². The molecule has 8 nitrogen and oxygen atoms in total. The highest BCUT2D eigenvalue weighted by atomic mass is 16.5. The molecule has 2 N–H and O–H groups in total. The summed E-state index contributed by atoms with van der Waals surface area (Å²) in [7, 11) is 0. The van der Waals surface area contributed by atoms with E-state index in [4.69, 9.17) is 4.52 Å². The summed E-state index contributed by atoms with van der Waals surface area (Å²) in [5.41, 5.74) is 5.52. The average Bonchev–Trinajstić information content (AvgIpc) is 3.48. The van der Waals surface area contributed by atoms with Crippen molar-refractivity contribution in [1.82, 2.24) is 20.2 Å². The first-order chi connectivity index (χ1) is 18.9. The SMILES string of the molecule is Cc1noc(-c2ccc(-c3ccc(C4(C(=O)O)CC4)cc3)cc2)c1C(O)c1cn([C@H](C)c2ccccc2)nn1. The molecule has 0 aliphatic heterocycles. The quantitative estimate of drug-likeness (QED) is 0.269. The average molecular weight is 521 g/mol. The first-order valence-electron chi connectivity index (χ1n) is 12.9. The third-order valence-corrected chi connectivity index (χ3v) is 7.75. The lowest BCUT2D eigenvalue weighted by molar-refractivity contribution is -0.140. The van der Waals surface area contributed by atoms with Crippen LogP contribution in [0, 0.1) is 6.92 Å². The summed E-state index contributed by atoms with van der Waals surface area (Å²) in [6.45, 7) is 3.82. The van der Waals surface area contributed by atoms with Crippen LogP contribution in [-0.2, 0) is 10.2 Å². The first kappa shape index (κ1) is 24.8. The van der Waals surface area contributed by atoms with E-state index in [1.807, 2.05) is 85.8 Å². The van der Waals surface area contributed by atoms with Crippen LogP contribution in [0.25, 0.3) is 22.5 Å². The van der Waals surface area contributed by atoms with Gasteiger partial charge in [0, 0.05) is 5.56 Å². The van der Waals surface area contributed by atoms with Crippen molar-refractivity contribution in [1.29, 1.82) is 0 Å². The first-order valence-corrected chi connectivity index (χ1v) is 12.9. The number of aromatic nitrogens is 4. The summed E-state index contributed by atoms with van der Waals surface area (Å²) in [4.78, 5) is 11.6. The van der Waals surface area contributed by atoms with Gasteiger partial charge in [-0.25, -0.2) is 4.68 Å². The van der Waals surface area contributed by atoms with Crippen LogP contribution >= 0.6 is 0 Å². The Hall–Kier alpha value is -4.56. The number of rotatable bonds is 8. The van der Waals surface area contributed by atoms with Gasteiger partial charge in [-0.3, -0.25) is 4.79 Å². The third kappa shape index (κ3) is 4.42. The lowest BCUT2D eigenvalue weighted by Crippen LogP contribution is -2.19. The highest BCUT2D eigenvalue weighted by Crippen LogP contribution is 2.48. The molecule has 1 fully saturated rings. The Morgan fingerprint density at radius 1 is 0.949 bits per heavy atom. The third-order valence-electron chi connectivity index (χ3n) is 7.75. The number of hydrogen-bond donors (Lipinski definition) is 2. The molecule has 6 rings (SSSR count). The Morgan fingerprint density at radius 3 is 2.18 bits per heavy atom. The zero-order valence-corrected chi connectivity index (χ0v) is 21.7. The van der Waals surface area contributed by atoms with Gasteiger partial charge >= 0.3 is 5.97 Å². The summed E-state index contributed by atoms with van der Waals surface area (Å²) in [6.07, 6.45) is 2.06. The second-order valence-electron chi connectivity index (χ2n) is 10.2. The number of carboxylic acids is 1. The van der Waals surface area contributed by atoms with E-state index in [-0.39, 0.29) is 6.04 Å². The van der Waals surface area contributed by atoms with Gasteiger partial charge in [0.1, 0.15) is 11.8 Å². The van der Waals surface area contributed by atoms with Gasteiger partial charge in [-0.2, -0.15) is 0 Å². The maximum absolute atomic E-state index is 11.6. The highest BCUT2D eigenvalue weighted by Gasteiger charge is 2.51. The fraction of sp³-hybridized carbons (Fsp3) is 0.226. The molecule has 3 aromatic carbocycles. The minimum Gasteiger partial charge on any atom is -0.481 e. The number of nitrogens with zero attached hydrogens (tertiary/aromatic N) is 4. The summed E-state index contributed by atoms with van der Waals surface area (Å²) >= 11 is 0. The molecular weight excluding hydrogens is 492 g/mol. The van der Waals surface area contributed by atoms with Crippen molar-refractivity contribution >= 4 is 5.97 Å². The van der Waals surface area contributed by atoms with Gasteiger partial charge in [0.2, 0.25) is 0 Å². The molecule has 5 aromatic rings. The van der Waals surface area contributed by atoms with Gasteiger partial charge in [-0.1, -0.05) is 89.2 Å². The molecule has 39 heavy (non-hydrogen) atoms. The molecule has 1 unspecified atom stereocenters. The van der Waals surface area contributed by atoms with Crippen LogP contribution < -0.4 is 0 Å². The maximum Gasteiger partial charge on any atom is 0.314 e. The van der Waals surface area contributed by atoms with Gasteiger partial charge in [0.05, 0.1) is 28.9 Å². The van der Waals surface area contributed by atoms with E-state index in [9.17, 15) is 15.0 Å². The van der Waals surface area contributed by atoms with Crippen molar-refractivity contribution in [2.24, 2.45) is 0 Å². The smallest absolute Gasteiger partial charge is 0.314 e. The Bertz CT molecular complexity index is 1620. The highest BCUT2D eigenvalue weighted by molar-refractivity contribution is 5.85. The van der Waals surface area contributed by atoms with Crippen LogP contribution in [0.3, 0.4) is 0 Å². The van der Waals surface area contributed by atoms with E-state index in [1.165, 1.54) is 0 Å². The van der Waals surface area contributed by atoms with E-state index < -0.39 is 17.5 Å². The monoisotopic (exact) mass is 520 g/mol. The Labute approximate surface area is 225 Å². The minimum atomic E-state index is -1.06. The van der Waals surface area contributed by atoms with E-state index in [1.54, 1.807) is 17.8 Å². The van der Waals surface area contributed by atoms with E-state index in [2.05, 4.69) is 15.5 Å². The lowest BCUT2D eigenvalue weighted by Gasteiger charge is -2.12. The molecule has 0 bridgehead atoms. The van der Waals surface area contributed by atoms with E-state index >= 15 is 0 Å². The molecule has 1 aliphatic rings. The Balaban J connectivity index is 1.24. The van der Waals surface area contributed by atoms with Gasteiger partial charge in [-0.15, -0.1) is 5.10 Å². The van der Waals surface area contributed by atoms with Gasteiger partial charge in [0.25, 0.3) is 0 Å². The summed E-state index contributed by atoms with van der Waals surface area (Å²) < 4.78 is 7.39. The molecule has 0 saturated heterocycles. The van der Waals surface area contributed by atoms with Crippen LogP contribution in [0.1, 0.15) is 60.0 Å². The topological polar surface area (TPSA) is 114 Å². The van der Waals surface area contributed by atoms with E-state index in [0.29, 0.717) is 35.6 Å². The molecule has 1 saturated carbocycles. The standard InChI is InChI=1S/C31H28N4O4/c1-19-27(28(36)26-18-35(34-32-26)20(2)21-6-4-3-5-7-21)29(39-33-19)24-10-8-22(9-11-24)23-12-14-25(15-13-23)31(16-17-31)30(37)38/h3-15,18,20,28,36H,16-17H2,1-2H3,(H,37,38)/t20-,28?/m1/s1. The molecule has 196 valence electrons. The molecule has 2 aromatic heterocycles. The Kier molecular flexibility index (Phi) is 6.12.